The molecule has 0 saturated carbocycles. The molecule has 3 N–H and O–H groups in total. The molecule has 0 aliphatic rings. The molecule has 21 heavy (non-hydrogen) atoms. The topological polar surface area (TPSA) is 55.1 Å². The number of carbonyl (C=O) groups is 1. The lowest BCUT2D eigenvalue weighted by Crippen LogP contribution is -2.25. The van der Waals surface area contributed by atoms with Crippen molar-refractivity contribution in [1.29, 1.82) is 0 Å². The summed E-state index contributed by atoms with van der Waals surface area (Å²) in [5.74, 6) is -0.0723. The van der Waals surface area contributed by atoms with Gasteiger partial charge in [0.15, 0.2) is 0 Å². The van der Waals surface area contributed by atoms with E-state index in [4.69, 9.17) is 17.3 Å². The number of benzene rings is 2. The number of nitrogen functional groups attached to an aromatic ring is 1. The summed E-state index contributed by atoms with van der Waals surface area (Å²) in [5.41, 5.74) is 8.02. The molecule has 2 aromatic rings. The zero-order chi connectivity index (χ0) is 15.4. The van der Waals surface area contributed by atoms with Crippen LogP contribution in [0.1, 0.15) is 25.3 Å². The van der Waals surface area contributed by atoms with E-state index in [1.165, 1.54) is 0 Å². The Hall–Kier alpha value is -2.00. The minimum atomic E-state index is -0.222. The second-order valence-electron chi connectivity index (χ2n) is 5.38. The van der Waals surface area contributed by atoms with Crippen molar-refractivity contribution in [1.82, 2.24) is 0 Å². The third-order valence-corrected chi connectivity index (χ3v) is 3.61. The largest absolute Gasteiger partial charge is 0.399 e. The molecule has 0 spiro atoms. The van der Waals surface area contributed by atoms with Gasteiger partial charge in [0, 0.05) is 16.4 Å². The number of hydrogen-bond donors (Lipinski definition) is 2. The summed E-state index contributed by atoms with van der Waals surface area (Å²) in [6.45, 7) is 4.06. The Bertz CT molecular complexity index is 606. The Balaban J connectivity index is 2.19. The predicted octanol–water partition coefficient (Wildman–Crippen LogP) is 4.30. The van der Waals surface area contributed by atoms with Gasteiger partial charge in [-0.15, -0.1) is 0 Å². The maximum atomic E-state index is 12.5. The number of carbonyl (C=O) groups excluding carboxylic acids is 1. The third-order valence-electron chi connectivity index (χ3n) is 3.36. The molecule has 1 unspecified atom stereocenters. The van der Waals surface area contributed by atoms with Crippen LogP contribution in [0.3, 0.4) is 0 Å². The van der Waals surface area contributed by atoms with Gasteiger partial charge in [0.1, 0.15) is 0 Å². The number of rotatable bonds is 4. The van der Waals surface area contributed by atoms with Gasteiger partial charge in [0.2, 0.25) is 5.91 Å². The highest BCUT2D eigenvalue weighted by atomic mass is 35.5. The van der Waals surface area contributed by atoms with E-state index in [2.05, 4.69) is 5.32 Å². The fraction of sp³-hybridized carbons (Fsp3) is 0.235. The average Bonchev–Trinajstić information content (AvgIpc) is 2.43. The molecule has 2 rings (SSSR count). The van der Waals surface area contributed by atoms with E-state index in [9.17, 15) is 4.79 Å². The fourth-order valence-electron chi connectivity index (χ4n) is 2.30. The number of halogens is 1. The number of nitrogens with one attached hydrogen (secondary N) is 1. The van der Waals surface area contributed by atoms with Gasteiger partial charge in [-0.1, -0.05) is 37.6 Å². The number of hydrogen-bond acceptors (Lipinski definition) is 2. The first kappa shape index (κ1) is 15.4. The first-order chi connectivity index (χ1) is 9.97. The third kappa shape index (κ3) is 3.99. The lowest BCUT2D eigenvalue weighted by Gasteiger charge is -2.21. The summed E-state index contributed by atoms with van der Waals surface area (Å²) in [5, 5.41) is 3.60. The Kier molecular flexibility index (Phi) is 4.86. The van der Waals surface area contributed by atoms with Gasteiger partial charge in [-0.25, -0.2) is 0 Å². The summed E-state index contributed by atoms with van der Waals surface area (Å²) >= 11 is 5.91. The van der Waals surface area contributed by atoms with E-state index in [1.54, 1.807) is 24.3 Å². The highest BCUT2D eigenvalue weighted by Crippen LogP contribution is 2.27. The Morgan fingerprint density at radius 3 is 2.14 bits per heavy atom. The first-order valence-electron chi connectivity index (χ1n) is 6.89. The average molecular weight is 303 g/mol. The van der Waals surface area contributed by atoms with Crippen molar-refractivity contribution < 1.29 is 4.79 Å². The van der Waals surface area contributed by atoms with E-state index >= 15 is 0 Å². The van der Waals surface area contributed by atoms with Crippen LogP contribution in [0.25, 0.3) is 0 Å². The van der Waals surface area contributed by atoms with Crippen molar-refractivity contribution >= 4 is 28.9 Å². The zero-order valence-corrected chi connectivity index (χ0v) is 12.9. The molecule has 0 radical (unpaired) electrons. The van der Waals surface area contributed by atoms with Crippen LogP contribution in [-0.4, -0.2) is 5.91 Å². The summed E-state index contributed by atoms with van der Waals surface area (Å²) in [7, 11) is 0. The minimum Gasteiger partial charge on any atom is -0.399 e. The van der Waals surface area contributed by atoms with Gasteiger partial charge >= 0.3 is 0 Å². The van der Waals surface area contributed by atoms with E-state index < -0.39 is 0 Å². The monoisotopic (exact) mass is 302 g/mol. The highest BCUT2D eigenvalue weighted by molar-refractivity contribution is 6.30. The molecule has 1 amide bonds. The molecule has 4 heteroatoms. The van der Waals surface area contributed by atoms with Crippen LogP contribution < -0.4 is 11.1 Å². The molecule has 0 aliphatic carbocycles. The minimum absolute atomic E-state index is 0.0305. The normalized spacial score (nSPS) is 12.2. The fourth-order valence-corrected chi connectivity index (χ4v) is 2.42. The summed E-state index contributed by atoms with van der Waals surface area (Å²) in [6, 6.07) is 14.5. The van der Waals surface area contributed by atoms with Crippen molar-refractivity contribution in [2.24, 2.45) is 5.92 Å². The van der Waals surface area contributed by atoms with Crippen LogP contribution in [0.2, 0.25) is 5.02 Å². The van der Waals surface area contributed by atoms with Gasteiger partial charge in [-0.3, -0.25) is 4.79 Å². The zero-order valence-electron chi connectivity index (χ0n) is 12.1. The Morgan fingerprint density at radius 2 is 1.62 bits per heavy atom. The van der Waals surface area contributed by atoms with Crippen molar-refractivity contribution in [3.05, 3.63) is 59.1 Å². The molecule has 0 fully saturated rings. The number of nitrogens with two attached hydrogens (primary N) is 1. The summed E-state index contributed by atoms with van der Waals surface area (Å²) in [6.07, 6.45) is 0. The molecular weight excluding hydrogens is 284 g/mol. The molecule has 110 valence electrons. The molecule has 0 heterocycles. The van der Waals surface area contributed by atoms with Crippen LogP contribution in [0.15, 0.2) is 48.5 Å². The second kappa shape index (κ2) is 6.64. The highest BCUT2D eigenvalue weighted by Gasteiger charge is 2.24. The molecule has 0 aliphatic heterocycles. The maximum absolute atomic E-state index is 12.5. The molecule has 3 nitrogen and oxygen atoms in total. The SMILES string of the molecule is CC(C)C(C(=O)Nc1ccc(N)cc1)c1ccc(Cl)cc1. The molecular formula is C17H19ClN2O. The molecule has 0 saturated heterocycles. The van der Waals surface area contributed by atoms with Gasteiger partial charge in [-0.05, 0) is 47.9 Å². The van der Waals surface area contributed by atoms with Crippen LogP contribution in [-0.2, 0) is 4.79 Å². The number of anilines is 2. The standard InChI is InChI=1S/C17H19ClN2O/c1-11(2)16(12-3-5-13(18)6-4-12)17(21)20-15-9-7-14(19)8-10-15/h3-11,16H,19H2,1-2H3,(H,20,21). The van der Waals surface area contributed by atoms with Gasteiger partial charge in [-0.2, -0.15) is 0 Å². The maximum Gasteiger partial charge on any atom is 0.232 e. The van der Waals surface area contributed by atoms with Crippen molar-refractivity contribution in [2.45, 2.75) is 19.8 Å². The van der Waals surface area contributed by atoms with Crippen molar-refractivity contribution in [2.75, 3.05) is 11.1 Å². The lowest BCUT2D eigenvalue weighted by atomic mass is 9.87. The molecule has 1 atom stereocenters. The summed E-state index contributed by atoms with van der Waals surface area (Å²) < 4.78 is 0. The van der Waals surface area contributed by atoms with Crippen molar-refractivity contribution in [3.63, 3.8) is 0 Å². The molecule has 0 bridgehead atoms. The quantitative estimate of drug-likeness (QED) is 0.827. The summed E-state index contributed by atoms with van der Waals surface area (Å²) in [4.78, 5) is 12.5. The van der Waals surface area contributed by atoms with E-state index in [0.717, 1.165) is 11.3 Å². The van der Waals surface area contributed by atoms with Crippen LogP contribution in [0.5, 0.6) is 0 Å². The van der Waals surface area contributed by atoms with Crippen LogP contribution in [0, 0.1) is 5.92 Å². The van der Waals surface area contributed by atoms with E-state index in [-0.39, 0.29) is 17.7 Å². The Morgan fingerprint density at radius 1 is 1.05 bits per heavy atom. The Labute approximate surface area is 130 Å². The van der Waals surface area contributed by atoms with E-state index in [1.807, 2.05) is 38.1 Å². The van der Waals surface area contributed by atoms with Gasteiger partial charge in [0.05, 0.1) is 5.92 Å². The smallest absolute Gasteiger partial charge is 0.232 e. The lowest BCUT2D eigenvalue weighted by molar-refractivity contribution is -0.118. The second-order valence-corrected chi connectivity index (χ2v) is 5.82. The van der Waals surface area contributed by atoms with Gasteiger partial charge in [0.25, 0.3) is 0 Å². The molecule has 0 aromatic heterocycles. The first-order valence-corrected chi connectivity index (χ1v) is 7.27. The van der Waals surface area contributed by atoms with Crippen LogP contribution >= 0.6 is 11.6 Å². The molecule has 2 aromatic carbocycles. The number of amides is 1. The van der Waals surface area contributed by atoms with Gasteiger partial charge < -0.3 is 11.1 Å². The van der Waals surface area contributed by atoms with Crippen LogP contribution in [0.4, 0.5) is 11.4 Å². The van der Waals surface area contributed by atoms with E-state index in [0.29, 0.717) is 10.7 Å². The van der Waals surface area contributed by atoms with Crippen molar-refractivity contribution in [3.8, 4) is 0 Å². The predicted molar refractivity (Wildman–Crippen MR) is 88.5 cm³/mol.